The van der Waals surface area contributed by atoms with E-state index in [2.05, 4.69) is 20.5 Å². The quantitative estimate of drug-likeness (QED) is 0.451. The van der Waals surface area contributed by atoms with Crippen LogP contribution in [0.4, 0.5) is 18.9 Å². The molecule has 0 aliphatic heterocycles. The predicted octanol–water partition coefficient (Wildman–Crippen LogP) is 4.20. The van der Waals surface area contributed by atoms with Gasteiger partial charge in [-0.05, 0) is 42.5 Å². The van der Waals surface area contributed by atoms with E-state index in [1.54, 1.807) is 46.3 Å². The largest absolute Gasteiger partial charge is 0.416 e. The zero-order valence-electron chi connectivity index (χ0n) is 15.8. The van der Waals surface area contributed by atoms with E-state index in [1.807, 2.05) is 12.1 Å². The average Bonchev–Trinajstić information content (AvgIpc) is 3.42. The van der Waals surface area contributed by atoms with E-state index in [0.717, 1.165) is 29.5 Å². The first-order valence-corrected chi connectivity index (χ1v) is 10.00. The van der Waals surface area contributed by atoms with Crippen molar-refractivity contribution in [3.63, 3.8) is 0 Å². The summed E-state index contributed by atoms with van der Waals surface area (Å²) in [5.74, 6) is 0.0302. The molecule has 4 aromatic rings. The fourth-order valence-electron chi connectivity index (χ4n) is 2.80. The Hall–Kier alpha value is -3.60. The van der Waals surface area contributed by atoms with Crippen LogP contribution < -0.4 is 5.32 Å². The second kappa shape index (κ2) is 8.64. The zero-order valence-corrected chi connectivity index (χ0v) is 16.6. The zero-order chi connectivity index (χ0) is 21.8. The number of nitrogens with one attached hydrogen (secondary N) is 1. The van der Waals surface area contributed by atoms with Crippen LogP contribution in [0.2, 0.25) is 0 Å². The average molecular weight is 444 g/mol. The second-order valence-electron chi connectivity index (χ2n) is 6.33. The number of thioether (sulfide) groups is 1. The van der Waals surface area contributed by atoms with Gasteiger partial charge in [-0.1, -0.05) is 17.8 Å². The van der Waals surface area contributed by atoms with Crippen molar-refractivity contribution in [2.75, 3.05) is 11.1 Å². The number of halogens is 3. The van der Waals surface area contributed by atoms with Crippen LogP contribution in [0.1, 0.15) is 5.56 Å². The summed E-state index contributed by atoms with van der Waals surface area (Å²) in [5, 5.41) is 11.3. The second-order valence-corrected chi connectivity index (χ2v) is 7.27. The van der Waals surface area contributed by atoms with Gasteiger partial charge in [-0.2, -0.15) is 13.2 Å². The Kier molecular flexibility index (Phi) is 5.76. The Bertz CT molecular complexity index is 1180. The monoisotopic (exact) mass is 444 g/mol. The minimum Gasteiger partial charge on any atom is -0.325 e. The van der Waals surface area contributed by atoms with Gasteiger partial charge in [0.25, 0.3) is 0 Å². The summed E-state index contributed by atoms with van der Waals surface area (Å²) in [7, 11) is 0. The predicted molar refractivity (Wildman–Crippen MR) is 109 cm³/mol. The van der Waals surface area contributed by atoms with Gasteiger partial charge in [0.15, 0.2) is 5.82 Å². The number of hydrogen-bond acceptors (Lipinski definition) is 5. The van der Waals surface area contributed by atoms with Crippen molar-refractivity contribution in [1.82, 2.24) is 24.5 Å². The Morgan fingerprint density at radius 2 is 1.77 bits per heavy atom. The van der Waals surface area contributed by atoms with Gasteiger partial charge < -0.3 is 5.32 Å². The number of alkyl halides is 3. The van der Waals surface area contributed by atoms with Crippen LogP contribution in [0.15, 0.2) is 78.5 Å². The van der Waals surface area contributed by atoms with E-state index in [4.69, 9.17) is 0 Å². The van der Waals surface area contributed by atoms with E-state index < -0.39 is 17.6 Å². The Morgan fingerprint density at radius 1 is 1.03 bits per heavy atom. The number of nitrogens with zero attached hydrogens (tertiary/aromatic N) is 5. The molecule has 0 unspecified atom stereocenters. The molecule has 4 rings (SSSR count). The molecule has 0 aliphatic carbocycles. The van der Waals surface area contributed by atoms with Gasteiger partial charge in [0.05, 0.1) is 11.3 Å². The number of carbonyl (C=O) groups excluding carboxylic acids is 1. The highest BCUT2D eigenvalue weighted by Crippen LogP contribution is 2.31. The number of rotatable bonds is 6. The summed E-state index contributed by atoms with van der Waals surface area (Å²) < 4.78 is 42.1. The molecule has 1 N–H and O–H groups in total. The summed E-state index contributed by atoms with van der Waals surface area (Å²) >= 11 is 1.12. The molecule has 31 heavy (non-hydrogen) atoms. The van der Waals surface area contributed by atoms with Crippen LogP contribution in [0, 0.1) is 0 Å². The third kappa shape index (κ3) is 4.77. The maximum Gasteiger partial charge on any atom is 0.416 e. The minimum absolute atomic E-state index is 0.0635. The van der Waals surface area contributed by atoms with Crippen LogP contribution in [-0.4, -0.2) is 36.2 Å². The van der Waals surface area contributed by atoms with Gasteiger partial charge in [0.1, 0.15) is 0 Å². The van der Waals surface area contributed by atoms with Crippen molar-refractivity contribution < 1.29 is 18.0 Å². The highest BCUT2D eigenvalue weighted by atomic mass is 32.2. The summed E-state index contributed by atoms with van der Waals surface area (Å²) in [6.07, 6.45) is 2.41. The van der Waals surface area contributed by atoms with Gasteiger partial charge in [-0.25, -0.2) is 4.68 Å². The SMILES string of the molecule is O=C(CSc1nnc(-c2ccncc2)n1-n1cccc1)Nc1cccc(C(F)(F)F)c1. The van der Waals surface area contributed by atoms with E-state index in [0.29, 0.717) is 11.0 Å². The van der Waals surface area contributed by atoms with E-state index in [9.17, 15) is 18.0 Å². The number of benzene rings is 1. The number of hydrogen-bond donors (Lipinski definition) is 1. The minimum atomic E-state index is -4.48. The summed E-state index contributed by atoms with van der Waals surface area (Å²) in [6, 6.07) is 11.8. The molecule has 1 amide bonds. The normalized spacial score (nSPS) is 11.5. The fraction of sp³-hybridized carbons (Fsp3) is 0.100. The van der Waals surface area contributed by atoms with Crippen LogP contribution in [-0.2, 0) is 11.0 Å². The molecule has 1 aromatic carbocycles. The lowest BCUT2D eigenvalue weighted by Gasteiger charge is -2.12. The number of anilines is 1. The summed E-state index contributed by atoms with van der Waals surface area (Å²) in [6.45, 7) is 0. The van der Waals surface area contributed by atoms with Crippen molar-refractivity contribution >= 4 is 23.4 Å². The van der Waals surface area contributed by atoms with Crippen LogP contribution in [0.25, 0.3) is 11.4 Å². The molecule has 0 fully saturated rings. The molecule has 0 radical (unpaired) electrons. The van der Waals surface area contributed by atoms with Crippen LogP contribution >= 0.6 is 11.8 Å². The highest BCUT2D eigenvalue weighted by Gasteiger charge is 2.30. The summed E-state index contributed by atoms with van der Waals surface area (Å²) in [5.41, 5.74) is 0.0357. The number of aromatic nitrogens is 5. The van der Waals surface area contributed by atoms with Crippen molar-refractivity contribution in [3.8, 4) is 11.4 Å². The lowest BCUT2D eigenvalue weighted by molar-refractivity contribution is -0.137. The molecule has 11 heteroatoms. The lowest BCUT2D eigenvalue weighted by atomic mass is 10.2. The molecule has 7 nitrogen and oxygen atoms in total. The Labute approximate surface area is 178 Å². The molecule has 0 bridgehead atoms. The maximum atomic E-state index is 12.9. The van der Waals surface area contributed by atoms with Crippen LogP contribution in [0.5, 0.6) is 0 Å². The van der Waals surface area contributed by atoms with Crippen LogP contribution in [0.3, 0.4) is 0 Å². The maximum absolute atomic E-state index is 12.9. The lowest BCUT2D eigenvalue weighted by Crippen LogP contribution is -2.16. The number of amides is 1. The number of carbonyl (C=O) groups is 1. The fourth-order valence-corrected chi connectivity index (χ4v) is 3.54. The molecule has 0 aliphatic rings. The molecular weight excluding hydrogens is 429 g/mol. The summed E-state index contributed by atoms with van der Waals surface area (Å²) in [4.78, 5) is 16.3. The first-order valence-electron chi connectivity index (χ1n) is 9.01. The molecule has 0 spiro atoms. The van der Waals surface area contributed by atoms with Gasteiger partial charge in [-0.3, -0.25) is 14.5 Å². The highest BCUT2D eigenvalue weighted by molar-refractivity contribution is 7.99. The standard InChI is InChI=1S/C20H15F3N6OS/c21-20(22,23)15-4-3-5-16(12-15)25-17(30)13-31-19-27-26-18(14-6-8-24-9-7-14)29(19)28-10-1-2-11-28/h1-12H,13H2,(H,25,30). The van der Waals surface area contributed by atoms with Gasteiger partial charge in [-0.15, -0.1) is 10.2 Å². The molecule has 0 saturated carbocycles. The smallest absolute Gasteiger partial charge is 0.325 e. The molecule has 0 saturated heterocycles. The number of pyridine rings is 1. The van der Waals surface area contributed by atoms with Crippen molar-refractivity contribution in [1.29, 1.82) is 0 Å². The third-order valence-corrected chi connectivity index (χ3v) is 5.10. The topological polar surface area (TPSA) is 77.6 Å². The van der Waals surface area contributed by atoms with E-state index >= 15 is 0 Å². The third-order valence-electron chi connectivity index (χ3n) is 4.18. The van der Waals surface area contributed by atoms with Crippen molar-refractivity contribution in [2.24, 2.45) is 0 Å². The van der Waals surface area contributed by atoms with Gasteiger partial charge in [0, 0.05) is 36.0 Å². The van der Waals surface area contributed by atoms with Crippen molar-refractivity contribution in [2.45, 2.75) is 11.3 Å². The Morgan fingerprint density at radius 3 is 2.48 bits per heavy atom. The van der Waals surface area contributed by atoms with E-state index in [-0.39, 0.29) is 11.4 Å². The van der Waals surface area contributed by atoms with E-state index in [1.165, 1.54) is 12.1 Å². The molecule has 158 valence electrons. The van der Waals surface area contributed by atoms with Crippen molar-refractivity contribution in [3.05, 3.63) is 78.9 Å². The first kappa shape index (κ1) is 20.7. The first-order chi connectivity index (χ1) is 14.9. The molecular formula is C20H15F3N6OS. The molecule has 3 aromatic heterocycles. The Balaban J connectivity index is 1.51. The van der Waals surface area contributed by atoms with Gasteiger partial charge >= 0.3 is 6.18 Å². The van der Waals surface area contributed by atoms with Gasteiger partial charge in [0.2, 0.25) is 11.1 Å². The molecule has 3 heterocycles. The molecule has 0 atom stereocenters.